The summed E-state index contributed by atoms with van der Waals surface area (Å²) >= 11 is 0. The van der Waals surface area contributed by atoms with Gasteiger partial charge in [0.05, 0.1) is 0 Å². The fourth-order valence-corrected chi connectivity index (χ4v) is 0.750. The van der Waals surface area contributed by atoms with E-state index >= 15 is 0 Å². The standard InChI is InChI=1S/C9H5F3O2/c1-5(10)9(13)14-8-3-6(11)2-7(12)4-8/h2-4H,1H2. The Labute approximate surface area is 77.6 Å². The van der Waals surface area contributed by atoms with Gasteiger partial charge in [-0.1, -0.05) is 6.58 Å². The molecule has 0 atom stereocenters. The summed E-state index contributed by atoms with van der Waals surface area (Å²) < 4.78 is 41.4. The lowest BCUT2D eigenvalue weighted by Crippen LogP contribution is -2.07. The molecular weight excluding hydrogens is 197 g/mol. The van der Waals surface area contributed by atoms with Gasteiger partial charge >= 0.3 is 5.97 Å². The van der Waals surface area contributed by atoms with Gasteiger partial charge in [0.15, 0.2) is 0 Å². The molecule has 0 saturated heterocycles. The zero-order valence-electron chi connectivity index (χ0n) is 6.89. The summed E-state index contributed by atoms with van der Waals surface area (Å²) in [6.45, 7) is 2.67. The summed E-state index contributed by atoms with van der Waals surface area (Å²) in [5.74, 6) is -4.97. The van der Waals surface area contributed by atoms with Crippen molar-refractivity contribution >= 4 is 5.97 Å². The first-order valence-electron chi connectivity index (χ1n) is 3.51. The van der Waals surface area contributed by atoms with E-state index in [1.54, 1.807) is 0 Å². The molecule has 0 bridgehead atoms. The molecule has 1 rings (SSSR count). The van der Waals surface area contributed by atoms with Crippen molar-refractivity contribution in [1.29, 1.82) is 0 Å². The van der Waals surface area contributed by atoms with Crippen LogP contribution in [0.1, 0.15) is 0 Å². The van der Waals surface area contributed by atoms with Crippen LogP contribution in [0.25, 0.3) is 0 Å². The van der Waals surface area contributed by atoms with E-state index in [0.29, 0.717) is 6.07 Å². The van der Waals surface area contributed by atoms with Crippen LogP contribution in [0.2, 0.25) is 0 Å². The van der Waals surface area contributed by atoms with Gasteiger partial charge in [-0.25, -0.2) is 13.6 Å². The maximum Gasteiger partial charge on any atom is 0.371 e. The number of carbonyl (C=O) groups is 1. The minimum Gasteiger partial charge on any atom is -0.421 e. The topological polar surface area (TPSA) is 26.3 Å². The summed E-state index contributed by atoms with van der Waals surface area (Å²) in [7, 11) is 0. The van der Waals surface area contributed by atoms with Crippen molar-refractivity contribution in [2.24, 2.45) is 0 Å². The van der Waals surface area contributed by atoms with Crippen LogP contribution in [0.15, 0.2) is 30.6 Å². The van der Waals surface area contributed by atoms with Crippen molar-refractivity contribution in [3.8, 4) is 5.75 Å². The Kier molecular flexibility index (Phi) is 2.91. The predicted octanol–water partition coefficient (Wildman–Crippen LogP) is 2.35. The molecule has 74 valence electrons. The highest BCUT2D eigenvalue weighted by molar-refractivity contribution is 5.87. The molecule has 5 heteroatoms. The lowest BCUT2D eigenvalue weighted by molar-refractivity contribution is -0.131. The number of hydrogen-bond donors (Lipinski definition) is 0. The predicted molar refractivity (Wildman–Crippen MR) is 42.2 cm³/mol. The van der Waals surface area contributed by atoms with Crippen molar-refractivity contribution in [2.45, 2.75) is 0 Å². The SMILES string of the molecule is C=C(F)C(=O)Oc1cc(F)cc(F)c1. The minimum atomic E-state index is -1.38. The van der Waals surface area contributed by atoms with E-state index < -0.39 is 29.2 Å². The highest BCUT2D eigenvalue weighted by Crippen LogP contribution is 2.16. The number of esters is 1. The van der Waals surface area contributed by atoms with Crippen LogP contribution >= 0.6 is 0 Å². The summed E-state index contributed by atoms with van der Waals surface area (Å²) in [4.78, 5) is 10.6. The molecule has 0 heterocycles. The molecule has 0 unspecified atom stereocenters. The number of carbonyl (C=O) groups excluding carboxylic acids is 1. The third-order valence-corrected chi connectivity index (χ3v) is 1.27. The number of rotatable bonds is 2. The largest absolute Gasteiger partial charge is 0.421 e. The Morgan fingerprint density at radius 3 is 2.14 bits per heavy atom. The fraction of sp³-hybridized carbons (Fsp3) is 0. The zero-order chi connectivity index (χ0) is 10.7. The maximum atomic E-state index is 12.5. The van der Waals surface area contributed by atoms with Crippen LogP contribution < -0.4 is 4.74 Å². The normalized spacial score (nSPS) is 9.64. The van der Waals surface area contributed by atoms with Gasteiger partial charge in [0.2, 0.25) is 5.83 Å². The van der Waals surface area contributed by atoms with Crippen molar-refractivity contribution in [3.05, 3.63) is 42.2 Å². The van der Waals surface area contributed by atoms with E-state index in [9.17, 15) is 18.0 Å². The average molecular weight is 202 g/mol. The maximum absolute atomic E-state index is 12.5. The van der Waals surface area contributed by atoms with Crippen LogP contribution in [0.5, 0.6) is 5.75 Å². The Hall–Kier alpha value is -1.78. The van der Waals surface area contributed by atoms with Crippen molar-refractivity contribution in [2.75, 3.05) is 0 Å². The van der Waals surface area contributed by atoms with E-state index in [1.165, 1.54) is 0 Å². The number of halogens is 3. The first kappa shape index (κ1) is 10.3. The summed E-state index contributed by atoms with van der Waals surface area (Å²) in [6, 6.07) is 2.11. The van der Waals surface area contributed by atoms with Gasteiger partial charge in [0.25, 0.3) is 0 Å². The smallest absolute Gasteiger partial charge is 0.371 e. The molecule has 0 aliphatic heterocycles. The zero-order valence-corrected chi connectivity index (χ0v) is 6.89. The Balaban J connectivity index is 2.87. The molecule has 1 aromatic rings. The van der Waals surface area contributed by atoms with E-state index in [-0.39, 0.29) is 0 Å². The third kappa shape index (κ3) is 2.62. The van der Waals surface area contributed by atoms with Gasteiger partial charge in [-0.3, -0.25) is 0 Å². The molecule has 0 radical (unpaired) electrons. The molecule has 0 spiro atoms. The molecule has 0 fully saturated rings. The monoisotopic (exact) mass is 202 g/mol. The molecule has 2 nitrogen and oxygen atoms in total. The molecule has 14 heavy (non-hydrogen) atoms. The van der Waals surface area contributed by atoms with Gasteiger partial charge in [-0.05, 0) is 0 Å². The van der Waals surface area contributed by atoms with Gasteiger partial charge in [-0.15, -0.1) is 0 Å². The van der Waals surface area contributed by atoms with Gasteiger partial charge in [0, 0.05) is 18.2 Å². The molecule has 1 aromatic carbocycles. The Morgan fingerprint density at radius 2 is 1.71 bits per heavy atom. The second-order valence-corrected chi connectivity index (χ2v) is 2.40. The Bertz CT molecular complexity index is 367. The molecule has 0 saturated carbocycles. The van der Waals surface area contributed by atoms with Crippen LogP contribution in [-0.2, 0) is 4.79 Å². The van der Waals surface area contributed by atoms with E-state index in [0.717, 1.165) is 12.1 Å². The highest BCUT2D eigenvalue weighted by atomic mass is 19.1. The number of ether oxygens (including phenoxy) is 1. The quantitative estimate of drug-likeness (QED) is 0.418. The third-order valence-electron chi connectivity index (χ3n) is 1.27. The van der Waals surface area contributed by atoms with Crippen LogP contribution in [-0.4, -0.2) is 5.97 Å². The Morgan fingerprint density at radius 1 is 1.21 bits per heavy atom. The first-order chi connectivity index (χ1) is 6.49. The fourth-order valence-electron chi connectivity index (χ4n) is 0.750. The molecule has 0 aliphatic rings. The van der Waals surface area contributed by atoms with Gasteiger partial charge < -0.3 is 4.74 Å². The van der Waals surface area contributed by atoms with Crippen LogP contribution in [0, 0.1) is 11.6 Å². The lowest BCUT2D eigenvalue weighted by atomic mass is 10.3. The van der Waals surface area contributed by atoms with Crippen LogP contribution in [0.3, 0.4) is 0 Å². The van der Waals surface area contributed by atoms with E-state index in [2.05, 4.69) is 11.3 Å². The molecule has 0 aromatic heterocycles. The summed E-state index contributed by atoms with van der Waals surface area (Å²) in [6.07, 6.45) is 0. The molecule has 0 N–H and O–H groups in total. The first-order valence-corrected chi connectivity index (χ1v) is 3.51. The van der Waals surface area contributed by atoms with Crippen LogP contribution in [0.4, 0.5) is 13.2 Å². The van der Waals surface area contributed by atoms with Gasteiger partial charge in [0.1, 0.15) is 17.4 Å². The highest BCUT2D eigenvalue weighted by Gasteiger charge is 2.10. The molecule has 0 aliphatic carbocycles. The number of hydrogen-bond acceptors (Lipinski definition) is 2. The number of benzene rings is 1. The second-order valence-electron chi connectivity index (χ2n) is 2.40. The summed E-state index contributed by atoms with van der Waals surface area (Å²) in [5.41, 5.74) is 0. The van der Waals surface area contributed by atoms with Crippen molar-refractivity contribution in [1.82, 2.24) is 0 Å². The van der Waals surface area contributed by atoms with Gasteiger partial charge in [-0.2, -0.15) is 4.39 Å². The van der Waals surface area contributed by atoms with E-state index in [4.69, 9.17) is 0 Å². The molecule has 0 amide bonds. The van der Waals surface area contributed by atoms with E-state index in [1.807, 2.05) is 0 Å². The van der Waals surface area contributed by atoms with Crippen molar-refractivity contribution < 1.29 is 22.7 Å². The summed E-state index contributed by atoms with van der Waals surface area (Å²) in [5, 5.41) is 0. The average Bonchev–Trinajstić information content (AvgIpc) is 2.01. The van der Waals surface area contributed by atoms with Crippen molar-refractivity contribution in [3.63, 3.8) is 0 Å². The second kappa shape index (κ2) is 3.95. The molecular formula is C9H5F3O2. The lowest BCUT2D eigenvalue weighted by Gasteiger charge is -2.01. The minimum absolute atomic E-state index is 0.411.